The zero-order valence-corrected chi connectivity index (χ0v) is 23.6. The fourth-order valence-corrected chi connectivity index (χ4v) is 5.07. The Bertz CT molecular complexity index is 497. The maximum absolute atomic E-state index is 12.5. The van der Waals surface area contributed by atoms with Gasteiger partial charge >= 0.3 is 0 Å². The van der Waals surface area contributed by atoms with Crippen LogP contribution in [0.5, 0.6) is 0 Å². The minimum atomic E-state index is -0.766. The number of nitriles is 1. The molecule has 0 aromatic carbocycles. The summed E-state index contributed by atoms with van der Waals surface area (Å²) < 4.78 is 0. The van der Waals surface area contributed by atoms with Crippen molar-refractivity contribution in [1.29, 1.82) is 5.26 Å². The zero-order valence-electron chi connectivity index (χ0n) is 23.6. The molecule has 5 heteroatoms. The monoisotopic (exact) mass is 478 g/mol. The Balaban J connectivity index is 3.95. The van der Waals surface area contributed by atoms with Gasteiger partial charge in [0.2, 0.25) is 5.91 Å². The van der Waals surface area contributed by atoms with Gasteiger partial charge < -0.3 is 5.32 Å². The van der Waals surface area contributed by atoms with E-state index in [2.05, 4.69) is 55.8 Å². The number of nitrogens with zero attached hydrogens (tertiary/aromatic N) is 3. The highest BCUT2D eigenvalue weighted by Crippen LogP contribution is 2.20. The largest absolute Gasteiger partial charge is 0.352 e. The molecule has 1 N–H and O–H groups in total. The second-order valence-electron chi connectivity index (χ2n) is 9.75. The van der Waals surface area contributed by atoms with Crippen LogP contribution in [-0.2, 0) is 4.79 Å². The van der Waals surface area contributed by atoms with E-state index in [1.54, 1.807) is 0 Å². The molecule has 0 atom stereocenters. The highest BCUT2D eigenvalue weighted by atomic mass is 16.1. The molecule has 0 aliphatic carbocycles. The van der Waals surface area contributed by atoms with Crippen LogP contribution in [0.25, 0.3) is 0 Å². The van der Waals surface area contributed by atoms with E-state index in [9.17, 15) is 10.1 Å². The number of unbranched alkanes of at least 4 members (excludes halogenated alkanes) is 14. The Kier molecular flexibility index (Phi) is 21.6. The highest BCUT2D eigenvalue weighted by molar-refractivity contribution is 5.76. The average molecular weight is 479 g/mol. The van der Waals surface area contributed by atoms with E-state index in [1.807, 2.05) is 0 Å². The summed E-state index contributed by atoms with van der Waals surface area (Å²) in [5.74, 6) is 0.0774. The first-order chi connectivity index (χ1) is 16.6. The molecule has 0 aromatic rings. The van der Waals surface area contributed by atoms with Crippen molar-refractivity contribution in [3.05, 3.63) is 0 Å². The topological polar surface area (TPSA) is 59.4 Å². The van der Waals surface area contributed by atoms with Crippen molar-refractivity contribution >= 4 is 5.91 Å². The predicted molar refractivity (Wildman–Crippen MR) is 147 cm³/mol. The molecule has 0 aliphatic rings. The summed E-state index contributed by atoms with van der Waals surface area (Å²) >= 11 is 0. The lowest BCUT2D eigenvalue weighted by atomic mass is 10.0. The maximum atomic E-state index is 12.5. The first-order valence-electron chi connectivity index (χ1n) is 14.7. The van der Waals surface area contributed by atoms with Gasteiger partial charge in [-0.1, -0.05) is 125 Å². The van der Waals surface area contributed by atoms with Gasteiger partial charge in [0.15, 0.2) is 5.66 Å². The van der Waals surface area contributed by atoms with Crippen molar-refractivity contribution in [3.63, 3.8) is 0 Å². The summed E-state index contributed by atoms with van der Waals surface area (Å²) in [5.41, 5.74) is -0.766. The Morgan fingerprint density at radius 1 is 0.647 bits per heavy atom. The fourth-order valence-electron chi connectivity index (χ4n) is 5.07. The van der Waals surface area contributed by atoms with Gasteiger partial charge in [-0.05, 0) is 32.6 Å². The van der Waals surface area contributed by atoms with Crippen LogP contribution < -0.4 is 5.32 Å². The zero-order chi connectivity index (χ0) is 25.5. The molecule has 0 rings (SSSR count). The van der Waals surface area contributed by atoms with Gasteiger partial charge in [-0.2, -0.15) is 5.26 Å². The van der Waals surface area contributed by atoms with Crippen molar-refractivity contribution < 1.29 is 4.79 Å². The van der Waals surface area contributed by atoms with Gasteiger partial charge in [0.25, 0.3) is 0 Å². The van der Waals surface area contributed by atoms with Gasteiger partial charge in [-0.25, -0.2) is 0 Å². The van der Waals surface area contributed by atoms with E-state index in [0.717, 1.165) is 39.0 Å². The molecule has 0 fully saturated rings. The van der Waals surface area contributed by atoms with E-state index in [4.69, 9.17) is 0 Å². The summed E-state index contributed by atoms with van der Waals surface area (Å²) in [7, 11) is 0. The molecule has 5 nitrogen and oxygen atoms in total. The smallest absolute Gasteiger partial charge is 0.220 e. The third kappa shape index (κ3) is 13.7. The normalized spacial score (nSPS) is 11.8. The first-order valence-corrected chi connectivity index (χ1v) is 14.7. The minimum Gasteiger partial charge on any atom is -0.352 e. The molecule has 0 unspecified atom stereocenters. The number of hydrogen-bond acceptors (Lipinski definition) is 4. The first kappa shape index (κ1) is 32.9. The Morgan fingerprint density at radius 2 is 1.00 bits per heavy atom. The number of nitrogens with one attached hydrogen (secondary N) is 1. The molecular formula is C29H58N4O. The molecule has 0 heterocycles. The van der Waals surface area contributed by atoms with Crippen LogP contribution in [0, 0.1) is 11.3 Å². The number of carbonyl (C=O) groups is 1. The third-order valence-corrected chi connectivity index (χ3v) is 7.29. The lowest BCUT2D eigenvalue weighted by molar-refractivity contribution is -0.122. The molecule has 0 radical (unpaired) electrons. The standard InChI is InChI=1S/C29H58N4O/c1-6-11-12-13-14-15-16-17-18-19-20-21-22-23-24-25-28(34)31-27-29(26-30,32(7-2)8-3)33(9-4)10-5/h6-25,27H2,1-5H3,(H,31,34). The van der Waals surface area contributed by atoms with E-state index >= 15 is 0 Å². The van der Waals surface area contributed by atoms with Crippen LogP contribution in [0.3, 0.4) is 0 Å². The molecule has 0 saturated heterocycles. The molecule has 0 bridgehead atoms. The molecule has 0 saturated carbocycles. The van der Waals surface area contributed by atoms with Gasteiger partial charge in [-0.3, -0.25) is 14.6 Å². The molecule has 1 amide bonds. The predicted octanol–water partition coefficient (Wildman–Crippen LogP) is 7.27. The summed E-state index contributed by atoms with van der Waals surface area (Å²) in [4.78, 5) is 16.8. The van der Waals surface area contributed by atoms with Gasteiger partial charge in [0, 0.05) is 6.42 Å². The van der Waals surface area contributed by atoms with Gasteiger partial charge in [0.05, 0.1) is 6.54 Å². The van der Waals surface area contributed by atoms with E-state index < -0.39 is 5.66 Å². The SMILES string of the molecule is CCCCCCCCCCCCCCCCCC(=O)NCC(C#N)(N(CC)CC)N(CC)CC. The third-order valence-electron chi connectivity index (χ3n) is 7.29. The van der Waals surface area contributed by atoms with Gasteiger partial charge in [-0.15, -0.1) is 0 Å². The number of hydrogen-bond donors (Lipinski definition) is 1. The van der Waals surface area contributed by atoms with Crippen LogP contribution >= 0.6 is 0 Å². The summed E-state index contributed by atoms with van der Waals surface area (Å²) in [6.07, 6.45) is 20.5. The summed E-state index contributed by atoms with van der Waals surface area (Å²) in [6, 6.07) is 2.53. The second kappa shape index (κ2) is 22.4. The molecule has 0 spiro atoms. The fraction of sp³-hybridized carbons (Fsp3) is 0.931. The van der Waals surface area contributed by atoms with Crippen LogP contribution in [0.2, 0.25) is 0 Å². The minimum absolute atomic E-state index is 0.0774. The summed E-state index contributed by atoms with van der Waals surface area (Å²) in [6.45, 7) is 14.1. The molecule has 34 heavy (non-hydrogen) atoms. The number of likely N-dealkylation sites (N-methyl/N-ethyl adjacent to an activating group) is 2. The molecule has 0 aliphatic heterocycles. The van der Waals surface area contributed by atoms with Crippen molar-refractivity contribution in [2.45, 2.75) is 143 Å². The van der Waals surface area contributed by atoms with Crippen LogP contribution in [0.15, 0.2) is 0 Å². The van der Waals surface area contributed by atoms with Crippen molar-refractivity contribution in [3.8, 4) is 6.07 Å². The molecule has 200 valence electrons. The van der Waals surface area contributed by atoms with Gasteiger partial charge in [0.1, 0.15) is 6.07 Å². The van der Waals surface area contributed by atoms with Crippen LogP contribution in [-0.4, -0.2) is 54.1 Å². The number of carbonyl (C=O) groups excluding carboxylic acids is 1. The van der Waals surface area contributed by atoms with Crippen LogP contribution in [0.4, 0.5) is 0 Å². The molecular weight excluding hydrogens is 420 g/mol. The highest BCUT2D eigenvalue weighted by Gasteiger charge is 2.40. The maximum Gasteiger partial charge on any atom is 0.220 e. The Labute approximate surface area is 213 Å². The average Bonchev–Trinajstić information content (AvgIpc) is 2.85. The van der Waals surface area contributed by atoms with Crippen molar-refractivity contribution in [2.75, 3.05) is 32.7 Å². The van der Waals surface area contributed by atoms with Crippen LogP contribution in [0.1, 0.15) is 137 Å². The number of rotatable bonds is 24. The van der Waals surface area contributed by atoms with E-state index in [-0.39, 0.29) is 5.91 Å². The number of amides is 1. The lowest BCUT2D eigenvalue weighted by Crippen LogP contribution is -2.65. The quantitative estimate of drug-likeness (QED) is 0.117. The van der Waals surface area contributed by atoms with E-state index in [1.165, 1.54) is 83.5 Å². The second-order valence-corrected chi connectivity index (χ2v) is 9.75. The van der Waals surface area contributed by atoms with Crippen molar-refractivity contribution in [1.82, 2.24) is 15.1 Å². The Hall–Kier alpha value is -1.12. The molecule has 0 aromatic heterocycles. The summed E-state index contributed by atoms with van der Waals surface area (Å²) in [5, 5.41) is 13.2. The van der Waals surface area contributed by atoms with E-state index in [0.29, 0.717) is 13.0 Å². The Morgan fingerprint density at radius 3 is 1.32 bits per heavy atom. The van der Waals surface area contributed by atoms with Crippen molar-refractivity contribution in [2.24, 2.45) is 0 Å². The lowest BCUT2D eigenvalue weighted by Gasteiger charge is -2.45.